The highest BCUT2D eigenvalue weighted by molar-refractivity contribution is 6.30. The first kappa shape index (κ1) is 9.69. The Morgan fingerprint density at radius 1 is 1.62 bits per heavy atom. The van der Waals surface area contributed by atoms with E-state index in [1.807, 2.05) is 6.07 Å². The fourth-order valence-electron chi connectivity index (χ4n) is 0.925. The van der Waals surface area contributed by atoms with E-state index in [0.29, 0.717) is 11.6 Å². The number of nitrogens with zero attached hydrogens (tertiary/aromatic N) is 1. The van der Waals surface area contributed by atoms with Gasteiger partial charge in [0.25, 0.3) is 0 Å². The molecule has 0 bridgehead atoms. The molecule has 0 aliphatic rings. The maximum absolute atomic E-state index is 9.44. The first-order valence-electron chi connectivity index (χ1n) is 3.74. The van der Waals surface area contributed by atoms with Gasteiger partial charge in [-0.25, -0.2) is 0 Å². The predicted octanol–water partition coefficient (Wildman–Crippen LogP) is 2.32. The van der Waals surface area contributed by atoms with E-state index in [-0.39, 0.29) is 17.1 Å². The Labute approximate surface area is 81.1 Å². The van der Waals surface area contributed by atoms with Crippen LogP contribution in [0.1, 0.15) is 12.5 Å². The molecule has 0 heterocycles. The molecule has 13 heavy (non-hydrogen) atoms. The smallest absolute Gasteiger partial charge is 0.175 e. The van der Waals surface area contributed by atoms with E-state index in [9.17, 15) is 5.11 Å². The molecule has 0 saturated carbocycles. The number of hydrogen-bond acceptors (Lipinski definition) is 3. The number of ether oxygens (including phenoxy) is 1. The number of hydrogen-bond donors (Lipinski definition) is 1. The average Bonchev–Trinajstić information content (AvgIpc) is 2.11. The monoisotopic (exact) mass is 197 g/mol. The third kappa shape index (κ3) is 2.04. The van der Waals surface area contributed by atoms with Crippen molar-refractivity contribution >= 4 is 11.6 Å². The summed E-state index contributed by atoms with van der Waals surface area (Å²) in [4.78, 5) is 0. The van der Waals surface area contributed by atoms with Crippen molar-refractivity contribution in [3.63, 3.8) is 0 Å². The van der Waals surface area contributed by atoms with E-state index >= 15 is 0 Å². The lowest BCUT2D eigenvalue weighted by Gasteiger charge is -2.06. The van der Waals surface area contributed by atoms with Crippen LogP contribution in [0, 0.1) is 11.3 Å². The van der Waals surface area contributed by atoms with Crippen LogP contribution in [-0.4, -0.2) is 11.7 Å². The number of phenols is 1. The van der Waals surface area contributed by atoms with E-state index in [2.05, 4.69) is 0 Å². The molecule has 0 aromatic heterocycles. The van der Waals surface area contributed by atoms with Gasteiger partial charge in [0, 0.05) is 11.1 Å². The van der Waals surface area contributed by atoms with Crippen LogP contribution in [0.4, 0.5) is 0 Å². The van der Waals surface area contributed by atoms with Gasteiger partial charge in [-0.3, -0.25) is 0 Å². The molecule has 1 N–H and O–H groups in total. The van der Waals surface area contributed by atoms with Gasteiger partial charge in [0.1, 0.15) is 6.07 Å². The molecule has 0 saturated heterocycles. The Bertz CT molecular complexity index is 357. The van der Waals surface area contributed by atoms with Crippen LogP contribution in [0.5, 0.6) is 11.5 Å². The van der Waals surface area contributed by atoms with Gasteiger partial charge in [-0.1, -0.05) is 11.6 Å². The number of phenolic OH excluding ortho intramolecular Hbond substituents is 1. The highest BCUT2D eigenvalue weighted by atomic mass is 35.5. The van der Waals surface area contributed by atoms with Crippen molar-refractivity contribution in [3.05, 3.63) is 22.7 Å². The molecule has 1 aromatic rings. The number of halogens is 1. The second-order valence-electron chi connectivity index (χ2n) is 2.34. The van der Waals surface area contributed by atoms with Crippen molar-refractivity contribution in [2.24, 2.45) is 0 Å². The van der Waals surface area contributed by atoms with Crippen LogP contribution < -0.4 is 4.74 Å². The zero-order valence-electron chi connectivity index (χ0n) is 7.04. The summed E-state index contributed by atoms with van der Waals surface area (Å²) in [5.41, 5.74) is 0.121. The highest BCUT2D eigenvalue weighted by Gasteiger charge is 2.09. The summed E-state index contributed by atoms with van der Waals surface area (Å²) in [6, 6.07) is 4.68. The Hall–Kier alpha value is -1.40. The summed E-state index contributed by atoms with van der Waals surface area (Å²) in [6.45, 7) is 2.20. The Morgan fingerprint density at radius 2 is 2.31 bits per heavy atom. The normalized spacial score (nSPS) is 9.31. The van der Waals surface area contributed by atoms with Crippen molar-refractivity contribution in [2.45, 2.75) is 6.92 Å². The Kier molecular flexibility index (Phi) is 2.99. The molecule has 68 valence electrons. The second-order valence-corrected chi connectivity index (χ2v) is 2.78. The van der Waals surface area contributed by atoms with Gasteiger partial charge in [0.15, 0.2) is 11.5 Å². The summed E-state index contributed by atoms with van der Waals surface area (Å²) in [6.07, 6.45) is 0. The van der Waals surface area contributed by atoms with Crippen LogP contribution in [0.25, 0.3) is 0 Å². The molecule has 0 unspecified atom stereocenters. The minimum atomic E-state index is -0.159. The second kappa shape index (κ2) is 4.01. The van der Waals surface area contributed by atoms with E-state index in [0.717, 1.165) is 0 Å². The minimum Gasteiger partial charge on any atom is -0.503 e. The standard InChI is InChI=1S/C9H8ClNO2/c1-2-13-8-4-7(10)3-6(5-11)9(8)12/h3-4,12H,2H2,1H3. The van der Waals surface area contributed by atoms with Crippen molar-refractivity contribution in [3.8, 4) is 17.6 Å². The largest absolute Gasteiger partial charge is 0.503 e. The lowest BCUT2D eigenvalue weighted by Crippen LogP contribution is -1.93. The topological polar surface area (TPSA) is 53.2 Å². The van der Waals surface area contributed by atoms with Crippen LogP contribution in [0.2, 0.25) is 5.02 Å². The third-order valence-corrected chi connectivity index (χ3v) is 1.68. The summed E-state index contributed by atoms with van der Waals surface area (Å²) in [7, 11) is 0. The van der Waals surface area contributed by atoms with Gasteiger partial charge >= 0.3 is 0 Å². The van der Waals surface area contributed by atoms with Crippen LogP contribution in [0.3, 0.4) is 0 Å². The van der Waals surface area contributed by atoms with Gasteiger partial charge < -0.3 is 9.84 Å². The third-order valence-electron chi connectivity index (χ3n) is 1.46. The summed E-state index contributed by atoms with van der Waals surface area (Å²) in [5.74, 6) is 0.0836. The molecule has 4 heteroatoms. The van der Waals surface area contributed by atoms with Crippen molar-refractivity contribution in [1.29, 1.82) is 5.26 Å². The molecule has 3 nitrogen and oxygen atoms in total. The molecular weight excluding hydrogens is 190 g/mol. The molecule has 0 aliphatic carbocycles. The lowest BCUT2D eigenvalue weighted by molar-refractivity contribution is 0.318. The van der Waals surface area contributed by atoms with Gasteiger partial charge in [-0.05, 0) is 13.0 Å². The predicted molar refractivity (Wildman–Crippen MR) is 49.0 cm³/mol. The SMILES string of the molecule is CCOc1cc(Cl)cc(C#N)c1O. The number of rotatable bonds is 2. The Balaban J connectivity index is 3.21. The summed E-state index contributed by atoms with van der Waals surface area (Å²) < 4.78 is 5.07. The van der Waals surface area contributed by atoms with Crippen LogP contribution in [0.15, 0.2) is 12.1 Å². The zero-order chi connectivity index (χ0) is 9.84. The summed E-state index contributed by atoms with van der Waals surface area (Å²) >= 11 is 5.69. The fraction of sp³-hybridized carbons (Fsp3) is 0.222. The van der Waals surface area contributed by atoms with Crippen molar-refractivity contribution in [2.75, 3.05) is 6.61 Å². The molecule has 0 amide bonds. The first-order chi connectivity index (χ1) is 6.19. The fourth-order valence-corrected chi connectivity index (χ4v) is 1.13. The minimum absolute atomic E-state index is 0.121. The van der Waals surface area contributed by atoms with E-state index in [4.69, 9.17) is 21.6 Å². The molecule has 0 atom stereocenters. The number of nitriles is 1. The maximum atomic E-state index is 9.44. The van der Waals surface area contributed by atoms with Gasteiger partial charge in [-0.2, -0.15) is 5.26 Å². The number of aromatic hydroxyl groups is 1. The van der Waals surface area contributed by atoms with Gasteiger partial charge in [-0.15, -0.1) is 0 Å². The Morgan fingerprint density at radius 3 is 2.85 bits per heavy atom. The van der Waals surface area contributed by atoms with Gasteiger partial charge in [0.05, 0.1) is 12.2 Å². The van der Waals surface area contributed by atoms with Crippen molar-refractivity contribution < 1.29 is 9.84 Å². The molecule has 0 spiro atoms. The summed E-state index contributed by atoms with van der Waals surface area (Å²) in [5, 5.41) is 18.4. The first-order valence-corrected chi connectivity index (χ1v) is 4.12. The molecule has 1 rings (SSSR count). The van der Waals surface area contributed by atoms with Gasteiger partial charge in [0.2, 0.25) is 0 Å². The quantitative estimate of drug-likeness (QED) is 0.792. The average molecular weight is 198 g/mol. The molecule has 0 fully saturated rings. The molecular formula is C9H8ClNO2. The van der Waals surface area contributed by atoms with E-state index in [1.165, 1.54) is 12.1 Å². The lowest BCUT2D eigenvalue weighted by atomic mass is 10.2. The number of benzene rings is 1. The molecule has 0 aliphatic heterocycles. The van der Waals surface area contributed by atoms with E-state index < -0.39 is 0 Å². The van der Waals surface area contributed by atoms with Crippen LogP contribution in [-0.2, 0) is 0 Å². The molecule has 0 radical (unpaired) electrons. The molecule has 1 aromatic carbocycles. The zero-order valence-corrected chi connectivity index (χ0v) is 7.80. The highest BCUT2D eigenvalue weighted by Crippen LogP contribution is 2.32. The maximum Gasteiger partial charge on any atom is 0.175 e. The van der Waals surface area contributed by atoms with E-state index in [1.54, 1.807) is 6.92 Å². The van der Waals surface area contributed by atoms with Crippen LogP contribution >= 0.6 is 11.6 Å². The van der Waals surface area contributed by atoms with Crippen molar-refractivity contribution in [1.82, 2.24) is 0 Å².